The number of hydrogen-bond donors (Lipinski definition) is 2. The van der Waals surface area contributed by atoms with Crippen LogP contribution >= 0.6 is 0 Å². The van der Waals surface area contributed by atoms with Crippen LogP contribution in [-0.4, -0.2) is 14.5 Å². The zero-order chi connectivity index (χ0) is 18.8. The smallest absolute Gasteiger partial charge is 0.236 e. The molecule has 0 saturated heterocycles. The Labute approximate surface area is 150 Å². The molecular formula is C20H26N2O2S. The van der Waals surface area contributed by atoms with Gasteiger partial charge in [0.05, 0.1) is 4.91 Å². The largest absolute Gasteiger partial charge is 0.399 e. The lowest BCUT2D eigenvalue weighted by molar-refractivity contribution is 0.576. The van der Waals surface area contributed by atoms with Gasteiger partial charge in [0.1, 0.15) is 0 Å². The topological polar surface area (TPSA) is 72.2 Å². The molecule has 2 rings (SSSR count). The number of aryl methyl sites for hydroxylation is 2. The van der Waals surface area contributed by atoms with E-state index in [-0.39, 0.29) is 6.04 Å². The molecule has 3 N–H and O–H groups in total. The summed E-state index contributed by atoms with van der Waals surface area (Å²) in [4.78, 5) is 0.309. The summed E-state index contributed by atoms with van der Waals surface area (Å²) in [5.41, 5.74) is 11.7. The van der Waals surface area contributed by atoms with Crippen LogP contribution in [0.1, 0.15) is 37.5 Å². The maximum absolute atomic E-state index is 12.3. The normalized spacial score (nSPS) is 12.6. The highest BCUT2D eigenvalue weighted by Crippen LogP contribution is 2.28. The molecular weight excluding hydrogens is 332 g/mol. The average molecular weight is 359 g/mol. The number of rotatable bonds is 5. The van der Waals surface area contributed by atoms with Crippen molar-refractivity contribution < 1.29 is 8.42 Å². The van der Waals surface area contributed by atoms with Crippen molar-refractivity contribution in [3.63, 3.8) is 0 Å². The maximum atomic E-state index is 12.3. The Balaban J connectivity index is 2.43. The molecule has 0 heterocycles. The van der Waals surface area contributed by atoms with Crippen LogP contribution < -0.4 is 10.5 Å². The molecule has 4 nitrogen and oxygen atoms in total. The summed E-state index contributed by atoms with van der Waals surface area (Å²) >= 11 is 0. The van der Waals surface area contributed by atoms with Crippen LogP contribution in [-0.2, 0) is 10.0 Å². The predicted octanol–water partition coefficient (Wildman–Crippen LogP) is 4.24. The second-order valence-corrected chi connectivity index (χ2v) is 8.56. The lowest BCUT2D eigenvalue weighted by atomic mass is 9.95. The van der Waals surface area contributed by atoms with E-state index in [2.05, 4.69) is 10.8 Å². The number of nitrogen functional groups attached to an aromatic ring is 1. The first-order chi connectivity index (χ1) is 11.6. The summed E-state index contributed by atoms with van der Waals surface area (Å²) in [5.74, 6) is 0. The molecule has 0 aliphatic heterocycles. The van der Waals surface area contributed by atoms with Crippen molar-refractivity contribution >= 4 is 21.8 Å². The molecule has 25 heavy (non-hydrogen) atoms. The third-order valence-corrected chi connectivity index (χ3v) is 5.76. The van der Waals surface area contributed by atoms with Crippen molar-refractivity contribution in [2.45, 2.75) is 40.7 Å². The van der Waals surface area contributed by atoms with Gasteiger partial charge in [0.2, 0.25) is 10.0 Å². The lowest BCUT2D eigenvalue weighted by Crippen LogP contribution is -2.30. The summed E-state index contributed by atoms with van der Waals surface area (Å²) in [6.07, 6.45) is 1.72. The van der Waals surface area contributed by atoms with Crippen LogP contribution in [0.4, 0.5) is 5.69 Å². The Bertz CT molecular complexity index is 896. The van der Waals surface area contributed by atoms with Gasteiger partial charge in [0.15, 0.2) is 0 Å². The standard InChI is InChI=1S/C20H26N2O2S/c1-13(2)22-25(23,24)16(5)12-18-10-15(4)20(11-14(18)3)17-6-8-19(21)9-7-17/h6-13,22H,21H2,1-5H3. The highest BCUT2D eigenvalue weighted by atomic mass is 32.2. The number of allylic oxidation sites excluding steroid dienone is 1. The highest BCUT2D eigenvalue weighted by Gasteiger charge is 2.15. The van der Waals surface area contributed by atoms with Crippen molar-refractivity contribution in [2.24, 2.45) is 0 Å². The van der Waals surface area contributed by atoms with E-state index in [0.29, 0.717) is 4.91 Å². The minimum absolute atomic E-state index is 0.135. The van der Waals surface area contributed by atoms with E-state index in [1.807, 2.05) is 58.0 Å². The third kappa shape index (κ3) is 4.71. The van der Waals surface area contributed by atoms with Crippen LogP contribution in [0.15, 0.2) is 41.3 Å². The average Bonchev–Trinajstić information content (AvgIpc) is 2.50. The molecule has 134 valence electrons. The Morgan fingerprint density at radius 2 is 1.68 bits per heavy atom. The molecule has 0 bridgehead atoms. The third-order valence-electron chi connectivity index (χ3n) is 4.01. The second-order valence-electron chi connectivity index (χ2n) is 6.68. The quantitative estimate of drug-likeness (QED) is 0.785. The monoisotopic (exact) mass is 358 g/mol. The van der Waals surface area contributed by atoms with Gasteiger partial charge in [-0.1, -0.05) is 24.3 Å². The summed E-state index contributed by atoms with van der Waals surface area (Å²) < 4.78 is 27.1. The van der Waals surface area contributed by atoms with Crippen molar-refractivity contribution in [1.82, 2.24) is 4.72 Å². The Kier molecular flexibility index (Phi) is 5.70. The molecule has 2 aromatic carbocycles. The second kappa shape index (κ2) is 7.42. The zero-order valence-corrected chi connectivity index (χ0v) is 16.2. The first-order valence-electron chi connectivity index (χ1n) is 8.28. The van der Waals surface area contributed by atoms with Crippen molar-refractivity contribution in [1.29, 1.82) is 0 Å². The molecule has 0 radical (unpaired) electrons. The van der Waals surface area contributed by atoms with E-state index in [9.17, 15) is 8.42 Å². The molecule has 5 heteroatoms. The zero-order valence-electron chi connectivity index (χ0n) is 15.4. The number of nitrogens with one attached hydrogen (secondary N) is 1. The molecule has 0 atom stereocenters. The van der Waals surface area contributed by atoms with Crippen LogP contribution in [0, 0.1) is 13.8 Å². The van der Waals surface area contributed by atoms with E-state index in [0.717, 1.165) is 33.5 Å². The maximum Gasteiger partial charge on any atom is 0.236 e. The van der Waals surface area contributed by atoms with Crippen molar-refractivity contribution in [3.8, 4) is 11.1 Å². The number of anilines is 1. The fraction of sp³-hybridized carbons (Fsp3) is 0.300. The van der Waals surface area contributed by atoms with Crippen LogP contribution in [0.25, 0.3) is 17.2 Å². The van der Waals surface area contributed by atoms with E-state index < -0.39 is 10.0 Å². The minimum atomic E-state index is -3.46. The lowest BCUT2D eigenvalue weighted by Gasteiger charge is -2.13. The number of sulfonamides is 1. The summed E-state index contributed by atoms with van der Waals surface area (Å²) in [5, 5.41) is 0. The van der Waals surface area contributed by atoms with Gasteiger partial charge >= 0.3 is 0 Å². The van der Waals surface area contributed by atoms with Crippen LogP contribution in [0.2, 0.25) is 0 Å². The molecule has 0 amide bonds. The number of hydrogen-bond acceptors (Lipinski definition) is 3. The van der Waals surface area contributed by atoms with Gasteiger partial charge in [0, 0.05) is 11.7 Å². The fourth-order valence-electron chi connectivity index (χ4n) is 2.67. The minimum Gasteiger partial charge on any atom is -0.399 e. The van der Waals surface area contributed by atoms with Gasteiger partial charge in [-0.05, 0) is 80.6 Å². The Hall–Kier alpha value is -2.11. The van der Waals surface area contributed by atoms with E-state index in [1.54, 1.807) is 13.0 Å². The van der Waals surface area contributed by atoms with Gasteiger partial charge in [0.25, 0.3) is 0 Å². The van der Waals surface area contributed by atoms with E-state index >= 15 is 0 Å². The molecule has 0 spiro atoms. The molecule has 0 fully saturated rings. The Morgan fingerprint density at radius 3 is 2.24 bits per heavy atom. The van der Waals surface area contributed by atoms with E-state index in [1.165, 1.54) is 0 Å². The van der Waals surface area contributed by atoms with E-state index in [4.69, 9.17) is 5.73 Å². The molecule has 0 unspecified atom stereocenters. The SMILES string of the molecule is CC(=Cc1cc(C)c(-c2ccc(N)cc2)cc1C)S(=O)(=O)NC(C)C. The highest BCUT2D eigenvalue weighted by molar-refractivity contribution is 7.93. The van der Waals surface area contributed by atoms with Gasteiger partial charge < -0.3 is 5.73 Å². The molecule has 0 aliphatic carbocycles. The first kappa shape index (κ1) is 19.2. The van der Waals surface area contributed by atoms with Gasteiger partial charge in [-0.2, -0.15) is 0 Å². The number of nitrogens with two attached hydrogens (primary N) is 1. The first-order valence-corrected chi connectivity index (χ1v) is 9.76. The van der Waals surface area contributed by atoms with Crippen LogP contribution in [0.3, 0.4) is 0 Å². The predicted molar refractivity (Wildman–Crippen MR) is 107 cm³/mol. The van der Waals surface area contributed by atoms with Gasteiger partial charge in [-0.3, -0.25) is 0 Å². The van der Waals surface area contributed by atoms with Crippen LogP contribution in [0.5, 0.6) is 0 Å². The fourth-order valence-corrected chi connectivity index (χ4v) is 3.76. The summed E-state index contributed by atoms with van der Waals surface area (Å²) in [6, 6.07) is 11.7. The van der Waals surface area contributed by atoms with Crippen molar-refractivity contribution in [2.75, 3.05) is 5.73 Å². The number of benzene rings is 2. The van der Waals surface area contributed by atoms with Gasteiger partial charge in [-0.25, -0.2) is 13.1 Å². The molecule has 0 saturated carbocycles. The summed E-state index contributed by atoms with van der Waals surface area (Å²) in [6.45, 7) is 9.25. The molecule has 0 aromatic heterocycles. The molecule has 0 aliphatic rings. The molecule has 2 aromatic rings. The Morgan fingerprint density at radius 1 is 1.08 bits per heavy atom. The van der Waals surface area contributed by atoms with Crippen molar-refractivity contribution in [3.05, 3.63) is 58.0 Å². The summed E-state index contributed by atoms with van der Waals surface area (Å²) in [7, 11) is -3.46. The van der Waals surface area contributed by atoms with Gasteiger partial charge in [-0.15, -0.1) is 0 Å².